The van der Waals surface area contributed by atoms with Gasteiger partial charge in [-0.1, -0.05) is 23.2 Å². The van der Waals surface area contributed by atoms with Gasteiger partial charge in [-0.2, -0.15) is 0 Å². The Morgan fingerprint density at radius 3 is 2.89 bits per heavy atom. The first kappa shape index (κ1) is 14.6. The lowest BCUT2D eigenvalue weighted by Gasteiger charge is -2.35. The van der Waals surface area contributed by atoms with Crippen LogP contribution in [0, 0.1) is 0 Å². The zero-order valence-electron chi connectivity index (χ0n) is 10.6. The van der Waals surface area contributed by atoms with Crippen LogP contribution in [-0.2, 0) is 0 Å². The zero-order chi connectivity index (χ0) is 13.8. The Bertz CT molecular complexity index is 463. The minimum absolute atomic E-state index is 0.0920. The lowest BCUT2D eigenvalue weighted by Crippen LogP contribution is -2.44. The molecule has 0 spiro atoms. The molecule has 19 heavy (non-hydrogen) atoms. The van der Waals surface area contributed by atoms with Crippen LogP contribution in [0.4, 0.5) is 0 Å². The highest BCUT2D eigenvalue weighted by Crippen LogP contribution is 2.26. The molecule has 1 N–H and O–H groups in total. The Labute approximate surface area is 123 Å². The molecule has 1 aromatic rings. The van der Waals surface area contributed by atoms with Crippen molar-refractivity contribution < 1.29 is 9.90 Å². The molecular formula is C14H17Cl2NO2. The highest BCUT2D eigenvalue weighted by Gasteiger charge is 2.28. The van der Waals surface area contributed by atoms with Gasteiger partial charge in [0.15, 0.2) is 0 Å². The van der Waals surface area contributed by atoms with Crippen LogP contribution in [0.3, 0.4) is 0 Å². The van der Waals surface area contributed by atoms with E-state index < -0.39 is 0 Å². The fourth-order valence-electron chi connectivity index (χ4n) is 2.53. The van der Waals surface area contributed by atoms with E-state index >= 15 is 0 Å². The molecule has 0 aromatic heterocycles. The van der Waals surface area contributed by atoms with Crippen LogP contribution >= 0.6 is 23.2 Å². The first-order valence-corrected chi connectivity index (χ1v) is 7.26. The van der Waals surface area contributed by atoms with Crippen molar-refractivity contribution in [2.45, 2.75) is 31.7 Å². The third-order valence-corrected chi connectivity index (χ3v) is 4.07. The van der Waals surface area contributed by atoms with E-state index in [1.54, 1.807) is 18.2 Å². The maximum atomic E-state index is 12.6. The van der Waals surface area contributed by atoms with Gasteiger partial charge in [0.2, 0.25) is 0 Å². The van der Waals surface area contributed by atoms with Gasteiger partial charge in [-0.05, 0) is 43.9 Å². The van der Waals surface area contributed by atoms with Gasteiger partial charge in [-0.25, -0.2) is 0 Å². The average molecular weight is 302 g/mol. The molecule has 2 rings (SSSR count). The number of hydrogen-bond donors (Lipinski definition) is 1. The second kappa shape index (κ2) is 6.60. The number of carbonyl (C=O) groups is 1. The number of piperidine rings is 1. The van der Waals surface area contributed by atoms with Crippen LogP contribution < -0.4 is 0 Å². The van der Waals surface area contributed by atoms with E-state index in [2.05, 4.69) is 0 Å². The zero-order valence-corrected chi connectivity index (χ0v) is 12.1. The number of hydrogen-bond acceptors (Lipinski definition) is 2. The van der Waals surface area contributed by atoms with Crippen molar-refractivity contribution in [1.82, 2.24) is 4.90 Å². The molecule has 0 aliphatic carbocycles. The lowest BCUT2D eigenvalue weighted by atomic mass is 9.98. The van der Waals surface area contributed by atoms with Crippen LogP contribution in [0.1, 0.15) is 36.0 Å². The molecule has 104 valence electrons. The van der Waals surface area contributed by atoms with Crippen molar-refractivity contribution in [2.75, 3.05) is 13.2 Å². The quantitative estimate of drug-likeness (QED) is 0.930. The number of halogens is 2. The highest BCUT2D eigenvalue weighted by atomic mass is 35.5. The predicted molar refractivity (Wildman–Crippen MR) is 76.8 cm³/mol. The van der Waals surface area contributed by atoms with Crippen molar-refractivity contribution in [3.63, 3.8) is 0 Å². The molecule has 1 aromatic carbocycles. The predicted octanol–water partition coefficient (Wildman–Crippen LogP) is 3.37. The van der Waals surface area contributed by atoms with Crippen molar-refractivity contribution in [2.24, 2.45) is 0 Å². The summed E-state index contributed by atoms with van der Waals surface area (Å²) in [6, 6.07) is 5.02. The van der Waals surface area contributed by atoms with E-state index in [9.17, 15) is 4.79 Å². The lowest BCUT2D eigenvalue weighted by molar-refractivity contribution is 0.0575. The number of benzene rings is 1. The fourth-order valence-corrected chi connectivity index (χ4v) is 2.90. The van der Waals surface area contributed by atoms with Crippen molar-refractivity contribution in [3.05, 3.63) is 33.8 Å². The normalized spacial score (nSPS) is 19.5. The molecule has 1 atom stereocenters. The van der Waals surface area contributed by atoms with Gasteiger partial charge in [0, 0.05) is 24.2 Å². The maximum absolute atomic E-state index is 12.6. The molecule has 1 heterocycles. The Morgan fingerprint density at radius 2 is 2.16 bits per heavy atom. The number of nitrogens with zero attached hydrogens (tertiary/aromatic N) is 1. The SMILES string of the molecule is O=C(c1cc(Cl)ccc1Cl)N1CCCCC1CCO. The van der Waals surface area contributed by atoms with Crippen molar-refractivity contribution in [3.8, 4) is 0 Å². The number of carbonyl (C=O) groups excluding carboxylic acids is 1. The van der Waals surface area contributed by atoms with Gasteiger partial charge >= 0.3 is 0 Å². The van der Waals surface area contributed by atoms with Gasteiger partial charge in [0.25, 0.3) is 5.91 Å². The van der Waals surface area contributed by atoms with E-state index in [4.69, 9.17) is 28.3 Å². The largest absolute Gasteiger partial charge is 0.396 e. The Hall–Kier alpha value is -0.770. The summed E-state index contributed by atoms with van der Waals surface area (Å²) >= 11 is 12.0. The summed E-state index contributed by atoms with van der Waals surface area (Å²) in [5, 5.41) is 10.0. The van der Waals surface area contributed by atoms with Gasteiger partial charge in [0.05, 0.1) is 10.6 Å². The Kier molecular flexibility index (Phi) is 5.08. The summed E-state index contributed by atoms with van der Waals surface area (Å²) in [4.78, 5) is 14.4. The molecule has 3 nitrogen and oxygen atoms in total. The van der Waals surface area contributed by atoms with Crippen molar-refractivity contribution in [1.29, 1.82) is 0 Å². The third kappa shape index (κ3) is 3.41. The summed E-state index contributed by atoms with van der Waals surface area (Å²) in [5.74, 6) is -0.0920. The molecule has 1 unspecified atom stereocenters. The highest BCUT2D eigenvalue weighted by molar-refractivity contribution is 6.35. The molecule has 1 amide bonds. The second-order valence-electron chi connectivity index (χ2n) is 4.78. The van der Waals surface area contributed by atoms with Crippen LogP contribution in [0.5, 0.6) is 0 Å². The summed E-state index contributed by atoms with van der Waals surface area (Å²) < 4.78 is 0. The second-order valence-corrected chi connectivity index (χ2v) is 5.63. The van der Waals surface area contributed by atoms with Crippen LogP contribution in [0.15, 0.2) is 18.2 Å². The summed E-state index contributed by atoms with van der Waals surface area (Å²) in [7, 11) is 0. The number of rotatable bonds is 3. The smallest absolute Gasteiger partial charge is 0.255 e. The fraction of sp³-hybridized carbons (Fsp3) is 0.500. The molecule has 1 fully saturated rings. The van der Waals surface area contributed by atoms with Crippen LogP contribution in [0.25, 0.3) is 0 Å². The molecule has 1 aliphatic rings. The first-order valence-electron chi connectivity index (χ1n) is 6.50. The average Bonchev–Trinajstić information content (AvgIpc) is 2.42. The first-order chi connectivity index (χ1) is 9.13. The molecule has 1 saturated heterocycles. The van der Waals surface area contributed by atoms with Gasteiger partial charge in [-0.15, -0.1) is 0 Å². The molecule has 0 bridgehead atoms. The van der Waals surface area contributed by atoms with E-state index in [-0.39, 0.29) is 18.6 Å². The van der Waals surface area contributed by atoms with E-state index in [0.29, 0.717) is 28.6 Å². The van der Waals surface area contributed by atoms with E-state index in [1.807, 2.05) is 4.90 Å². The molecule has 0 radical (unpaired) electrons. The Balaban J connectivity index is 2.23. The summed E-state index contributed by atoms with van der Waals surface area (Å²) in [6.45, 7) is 0.810. The molecule has 5 heteroatoms. The number of aliphatic hydroxyl groups is 1. The molecular weight excluding hydrogens is 285 g/mol. The topological polar surface area (TPSA) is 40.5 Å². The van der Waals surface area contributed by atoms with Crippen LogP contribution in [0.2, 0.25) is 10.0 Å². The number of amides is 1. The minimum Gasteiger partial charge on any atom is -0.396 e. The summed E-state index contributed by atoms with van der Waals surface area (Å²) in [5.41, 5.74) is 0.444. The maximum Gasteiger partial charge on any atom is 0.255 e. The van der Waals surface area contributed by atoms with Crippen molar-refractivity contribution >= 4 is 29.1 Å². The standard InChI is InChI=1S/C14H17Cl2NO2/c15-10-4-5-13(16)12(9-10)14(19)17-7-2-1-3-11(17)6-8-18/h4-5,9,11,18H,1-3,6-8H2. The molecule has 0 saturated carbocycles. The third-order valence-electron chi connectivity index (χ3n) is 3.51. The van der Waals surface area contributed by atoms with Gasteiger partial charge in [0.1, 0.15) is 0 Å². The number of aliphatic hydroxyl groups excluding tert-OH is 1. The summed E-state index contributed by atoms with van der Waals surface area (Å²) in [6.07, 6.45) is 3.64. The number of likely N-dealkylation sites (tertiary alicyclic amines) is 1. The van der Waals surface area contributed by atoms with E-state index in [1.165, 1.54) is 0 Å². The monoisotopic (exact) mass is 301 g/mol. The van der Waals surface area contributed by atoms with Gasteiger partial charge in [-0.3, -0.25) is 4.79 Å². The van der Waals surface area contributed by atoms with Crippen LogP contribution in [-0.4, -0.2) is 35.1 Å². The van der Waals surface area contributed by atoms with E-state index in [0.717, 1.165) is 19.3 Å². The molecule has 1 aliphatic heterocycles. The van der Waals surface area contributed by atoms with Gasteiger partial charge < -0.3 is 10.0 Å². The minimum atomic E-state index is -0.0920. The Morgan fingerprint density at radius 1 is 1.37 bits per heavy atom.